The number of hydrogen-bond acceptors (Lipinski definition) is 6. The molecule has 1 aromatic rings. The Morgan fingerprint density at radius 1 is 1.33 bits per heavy atom. The summed E-state index contributed by atoms with van der Waals surface area (Å²) in [4.78, 5) is 38.6. The van der Waals surface area contributed by atoms with Crippen molar-refractivity contribution >= 4 is 29.3 Å². The second kappa shape index (κ2) is 8.60. The van der Waals surface area contributed by atoms with E-state index in [1.807, 2.05) is 0 Å². The smallest absolute Gasteiger partial charge is 0.336 e. The highest BCUT2D eigenvalue weighted by atomic mass is 35.5. The molecule has 1 aliphatic carbocycles. The van der Waals surface area contributed by atoms with E-state index >= 15 is 0 Å². The van der Waals surface area contributed by atoms with Crippen LogP contribution in [0.2, 0.25) is 5.02 Å². The number of rotatable bonds is 4. The lowest BCUT2D eigenvalue weighted by Gasteiger charge is -2.38. The average molecular weight is 436 g/mol. The summed E-state index contributed by atoms with van der Waals surface area (Å²) in [7, 11) is 1.21. The molecule has 1 N–H and O–H groups in total. The molecule has 6 nitrogen and oxygen atoms in total. The van der Waals surface area contributed by atoms with Crippen LogP contribution in [0.3, 0.4) is 0 Å². The zero-order chi connectivity index (χ0) is 22.2. The number of carbonyl (C=O) groups excluding carboxylic acids is 3. The molecule has 3 atom stereocenters. The van der Waals surface area contributed by atoms with Gasteiger partial charge in [0.2, 0.25) is 0 Å². The topological polar surface area (TPSA) is 81.7 Å². The summed E-state index contributed by atoms with van der Waals surface area (Å²) in [5.74, 6) is -4.99. The van der Waals surface area contributed by atoms with E-state index in [0.29, 0.717) is 17.8 Å². The number of Topliss-reactive ketones (excluding diaryl/α,β-unsaturated/α-hetero) is 1. The van der Waals surface area contributed by atoms with Gasteiger partial charge >= 0.3 is 11.9 Å². The first-order valence-electron chi connectivity index (χ1n) is 9.66. The third-order valence-electron chi connectivity index (χ3n) is 5.53. The van der Waals surface area contributed by atoms with E-state index < -0.39 is 35.4 Å². The lowest BCUT2D eigenvalue weighted by atomic mass is 9.69. The molecule has 1 heterocycles. The highest BCUT2D eigenvalue weighted by molar-refractivity contribution is 6.31. The highest BCUT2D eigenvalue weighted by Gasteiger charge is 2.48. The van der Waals surface area contributed by atoms with Crippen molar-refractivity contribution in [2.24, 2.45) is 11.8 Å². The third kappa shape index (κ3) is 3.62. The number of carbonyl (C=O) groups is 3. The number of allylic oxidation sites excluding steroid dienone is 3. The van der Waals surface area contributed by atoms with E-state index in [-0.39, 0.29) is 34.3 Å². The van der Waals surface area contributed by atoms with Crippen LogP contribution < -0.4 is 5.32 Å². The molecule has 1 aromatic carbocycles. The van der Waals surface area contributed by atoms with Crippen molar-refractivity contribution in [2.75, 3.05) is 13.7 Å². The average Bonchev–Trinajstić information content (AvgIpc) is 2.67. The lowest BCUT2D eigenvalue weighted by molar-refractivity contribution is -0.151. The van der Waals surface area contributed by atoms with E-state index in [1.54, 1.807) is 20.8 Å². The second-order valence-electron chi connectivity index (χ2n) is 7.39. The van der Waals surface area contributed by atoms with E-state index in [0.717, 1.165) is 0 Å². The van der Waals surface area contributed by atoms with Gasteiger partial charge in [0, 0.05) is 27.6 Å². The summed E-state index contributed by atoms with van der Waals surface area (Å²) in [6.45, 7) is 5.20. The molecule has 0 aromatic heterocycles. The van der Waals surface area contributed by atoms with Gasteiger partial charge in [-0.2, -0.15) is 0 Å². The minimum atomic E-state index is -1.10. The van der Waals surface area contributed by atoms with Crippen LogP contribution >= 0.6 is 11.6 Å². The fraction of sp³-hybridized carbons (Fsp3) is 0.409. The van der Waals surface area contributed by atoms with Crippen molar-refractivity contribution in [3.63, 3.8) is 0 Å². The molecule has 0 fully saturated rings. The third-order valence-corrected chi connectivity index (χ3v) is 5.86. The summed E-state index contributed by atoms with van der Waals surface area (Å²) < 4.78 is 25.0. The standard InChI is InChI=1S/C22H23ClFNO5/c1-5-30-22(28)16-11(3)25-14-9-10(2)15(21(27)29-4)20(26)18(14)19(16)17-12(23)7-6-8-13(17)24/h6-8,10,15,19,25H,5,9H2,1-4H3. The normalized spacial score (nSPS) is 23.7. The Morgan fingerprint density at radius 3 is 2.63 bits per heavy atom. The number of nitrogens with one attached hydrogen (secondary N) is 1. The van der Waals surface area contributed by atoms with Gasteiger partial charge in [0.1, 0.15) is 11.7 Å². The first-order chi connectivity index (χ1) is 14.2. The summed E-state index contributed by atoms with van der Waals surface area (Å²) >= 11 is 6.33. The monoisotopic (exact) mass is 435 g/mol. The highest BCUT2D eigenvalue weighted by Crippen LogP contribution is 2.47. The van der Waals surface area contributed by atoms with Crippen molar-refractivity contribution in [1.29, 1.82) is 0 Å². The Hall–Kier alpha value is -2.67. The first kappa shape index (κ1) is 22.0. The van der Waals surface area contributed by atoms with Crippen LogP contribution in [-0.2, 0) is 23.9 Å². The van der Waals surface area contributed by atoms with Crippen molar-refractivity contribution < 1.29 is 28.2 Å². The largest absolute Gasteiger partial charge is 0.468 e. The van der Waals surface area contributed by atoms with E-state index in [2.05, 4.69) is 5.32 Å². The Balaban J connectivity index is 2.26. The number of ketones is 1. The molecule has 0 radical (unpaired) electrons. The molecule has 8 heteroatoms. The van der Waals surface area contributed by atoms with Crippen molar-refractivity contribution in [1.82, 2.24) is 5.32 Å². The fourth-order valence-electron chi connectivity index (χ4n) is 4.24. The van der Waals surface area contributed by atoms with Crippen LogP contribution in [0.15, 0.2) is 40.7 Å². The molecular formula is C22H23ClFNO5. The number of methoxy groups -OCH3 is 1. The Bertz CT molecular complexity index is 963. The summed E-state index contributed by atoms with van der Waals surface area (Å²) in [5, 5.41) is 3.18. The number of esters is 2. The number of hydrogen-bond donors (Lipinski definition) is 1. The van der Waals surface area contributed by atoms with Crippen LogP contribution in [0.5, 0.6) is 0 Å². The molecule has 160 valence electrons. The zero-order valence-electron chi connectivity index (χ0n) is 17.2. The minimum Gasteiger partial charge on any atom is -0.468 e. The molecule has 30 heavy (non-hydrogen) atoms. The van der Waals surface area contributed by atoms with Gasteiger partial charge in [0.05, 0.1) is 25.2 Å². The van der Waals surface area contributed by atoms with Crippen molar-refractivity contribution in [2.45, 2.75) is 33.1 Å². The maximum absolute atomic E-state index is 15.0. The molecule has 3 rings (SSSR count). The predicted octanol–water partition coefficient (Wildman–Crippen LogP) is 3.66. The van der Waals surface area contributed by atoms with Crippen molar-refractivity contribution in [3.8, 4) is 0 Å². The SMILES string of the molecule is CCOC(=O)C1=C(C)NC2=C(C(=O)C(C(=O)OC)C(C)C2)C1c1c(F)cccc1Cl. The Labute approximate surface area is 179 Å². The van der Waals surface area contributed by atoms with Gasteiger partial charge in [0.15, 0.2) is 5.78 Å². The molecule has 3 unspecified atom stereocenters. The van der Waals surface area contributed by atoms with Crippen LogP contribution in [0, 0.1) is 17.7 Å². The van der Waals surface area contributed by atoms with Crippen LogP contribution in [0.25, 0.3) is 0 Å². The lowest BCUT2D eigenvalue weighted by Crippen LogP contribution is -2.43. The second-order valence-corrected chi connectivity index (χ2v) is 7.80. The number of ether oxygens (including phenoxy) is 2. The molecule has 2 aliphatic rings. The van der Waals surface area contributed by atoms with Gasteiger partial charge in [-0.05, 0) is 38.3 Å². The van der Waals surface area contributed by atoms with E-state index in [4.69, 9.17) is 21.1 Å². The fourth-order valence-corrected chi connectivity index (χ4v) is 4.51. The minimum absolute atomic E-state index is 0.00193. The van der Waals surface area contributed by atoms with Gasteiger partial charge in [0.25, 0.3) is 0 Å². The molecule has 0 saturated carbocycles. The van der Waals surface area contributed by atoms with Crippen LogP contribution in [-0.4, -0.2) is 31.4 Å². The van der Waals surface area contributed by atoms with Gasteiger partial charge in [-0.1, -0.05) is 24.6 Å². The maximum atomic E-state index is 15.0. The summed E-state index contributed by atoms with van der Waals surface area (Å²) in [5.41, 5.74) is 1.23. The van der Waals surface area contributed by atoms with Crippen LogP contribution in [0.1, 0.15) is 38.7 Å². The Kier molecular flexibility index (Phi) is 6.31. The van der Waals surface area contributed by atoms with Gasteiger partial charge in [-0.3, -0.25) is 9.59 Å². The van der Waals surface area contributed by atoms with Gasteiger partial charge < -0.3 is 14.8 Å². The number of dihydropyridines is 1. The van der Waals surface area contributed by atoms with Gasteiger partial charge in [-0.15, -0.1) is 0 Å². The van der Waals surface area contributed by atoms with E-state index in [1.165, 1.54) is 25.3 Å². The molecule has 0 amide bonds. The zero-order valence-corrected chi connectivity index (χ0v) is 17.9. The number of benzene rings is 1. The summed E-state index contributed by atoms with van der Waals surface area (Å²) in [6.07, 6.45) is 0.358. The van der Waals surface area contributed by atoms with Crippen molar-refractivity contribution in [3.05, 3.63) is 57.1 Å². The molecule has 0 bridgehead atoms. The predicted molar refractivity (Wildman–Crippen MR) is 108 cm³/mol. The molecular weight excluding hydrogens is 413 g/mol. The Morgan fingerprint density at radius 2 is 2.03 bits per heavy atom. The van der Waals surface area contributed by atoms with Crippen LogP contribution in [0.4, 0.5) is 4.39 Å². The maximum Gasteiger partial charge on any atom is 0.336 e. The number of halogens is 2. The molecule has 0 saturated heterocycles. The van der Waals surface area contributed by atoms with E-state index in [9.17, 15) is 18.8 Å². The first-order valence-corrected chi connectivity index (χ1v) is 10.0. The molecule has 0 spiro atoms. The quantitative estimate of drug-likeness (QED) is 0.574. The summed E-state index contributed by atoms with van der Waals surface area (Å²) in [6, 6.07) is 4.16. The molecule has 1 aliphatic heterocycles. The van der Waals surface area contributed by atoms with Gasteiger partial charge in [-0.25, -0.2) is 9.18 Å².